The van der Waals surface area contributed by atoms with Gasteiger partial charge in [0.05, 0.1) is 0 Å². The molecule has 0 aromatic carbocycles. The number of rotatable bonds is 0. The first-order valence-electron chi connectivity index (χ1n) is 0.369. The molecule has 4 heteroatoms. The van der Waals surface area contributed by atoms with E-state index in [1.165, 1.54) is 0 Å². The molecule has 3 nitrogen and oxygen atoms in total. The summed E-state index contributed by atoms with van der Waals surface area (Å²) in [5, 5.41) is 0. The van der Waals surface area contributed by atoms with E-state index in [4.69, 9.17) is 9.75 Å². The predicted octanol–water partition coefficient (Wildman–Crippen LogP) is -0.359. The summed E-state index contributed by atoms with van der Waals surface area (Å²) in [6, 6.07) is 0. The average Bonchev–Trinajstić information content (AvgIpc) is 0.811. The van der Waals surface area contributed by atoms with E-state index in [0.717, 1.165) is 0 Å². The molecule has 0 rings (SSSR count). The Labute approximate surface area is 28.7 Å². The van der Waals surface area contributed by atoms with Crippen LogP contribution in [0.2, 0.25) is 0 Å². The van der Waals surface area contributed by atoms with E-state index in [-0.39, 0.29) is 0 Å². The molecule has 4 heavy (non-hydrogen) atoms. The standard InChI is InChI=1S/Au.3O. The quantitative estimate of drug-likeness (QED) is 0.547. The third-order valence-electron chi connectivity index (χ3n) is 0. The van der Waals surface area contributed by atoms with E-state index >= 15 is 0 Å². The van der Waals surface area contributed by atoms with Crippen LogP contribution in [0.3, 0.4) is 0 Å². The van der Waals surface area contributed by atoms with Crippen molar-refractivity contribution in [2.24, 2.45) is 0 Å². The van der Waals surface area contributed by atoms with Crippen LogP contribution in [0, 0.1) is 0 Å². The fraction of sp³-hybridized carbons (Fsp3) is 0. The van der Waals surface area contributed by atoms with Crippen LogP contribution >= 0.6 is 0 Å². The topological polar surface area (TPSA) is 51.2 Å². The van der Waals surface area contributed by atoms with Crippen LogP contribution in [0.1, 0.15) is 0 Å². The van der Waals surface area contributed by atoms with E-state index in [9.17, 15) is 0 Å². The Hall–Kier alpha value is 0.140. The monoisotopic (exact) mass is 245 g/mol. The normalized spacial score (nSPS) is 10.5. The van der Waals surface area contributed by atoms with Crippen LogP contribution in [0.25, 0.3) is 0 Å². The number of hydrogen-bond acceptors (Lipinski definition) is 3. The fourth-order valence-corrected chi connectivity index (χ4v) is 0. The zero-order chi connectivity index (χ0) is 3.58. The van der Waals surface area contributed by atoms with Gasteiger partial charge in [0.25, 0.3) is 0 Å². The first-order chi connectivity index (χ1) is 1.73. The van der Waals surface area contributed by atoms with Crippen molar-refractivity contribution in [1.82, 2.24) is 0 Å². The molecule has 0 radical (unpaired) electrons. The molecule has 0 amide bonds. The van der Waals surface area contributed by atoms with Crippen molar-refractivity contribution >= 4 is 0 Å². The molecule has 29 valence electrons. The molecule has 0 aromatic heterocycles. The van der Waals surface area contributed by atoms with Gasteiger partial charge in [0, 0.05) is 0 Å². The molecule has 0 aliphatic carbocycles. The van der Waals surface area contributed by atoms with Gasteiger partial charge in [0.2, 0.25) is 0 Å². The predicted molar refractivity (Wildman–Crippen MR) is 2.06 cm³/mol. The second-order valence-electron chi connectivity index (χ2n) is 0.151. The summed E-state index contributed by atoms with van der Waals surface area (Å²) in [4.78, 5) is 0. The summed E-state index contributed by atoms with van der Waals surface area (Å²) in [5.74, 6) is 0. The van der Waals surface area contributed by atoms with Gasteiger partial charge in [-0.05, 0) is 0 Å². The Morgan fingerprint density at radius 3 is 1.00 bits per heavy atom. The minimum atomic E-state index is -3.95. The van der Waals surface area contributed by atoms with Gasteiger partial charge in [-0.15, -0.1) is 0 Å². The zero-order valence-electron chi connectivity index (χ0n) is 1.53. The second-order valence-corrected chi connectivity index (χ2v) is 1.23. The first-order valence-corrected chi connectivity index (χ1v) is 3.02. The summed E-state index contributed by atoms with van der Waals surface area (Å²) in [7, 11) is 0. The molecule has 0 aliphatic rings. The molecule has 0 N–H and O–H groups in total. The maximum atomic E-state index is 8.56. The van der Waals surface area contributed by atoms with Gasteiger partial charge < -0.3 is 0 Å². The van der Waals surface area contributed by atoms with Crippen LogP contribution in [0.5, 0.6) is 0 Å². The van der Waals surface area contributed by atoms with Crippen LogP contribution in [0.4, 0.5) is 0 Å². The molecule has 0 aliphatic heterocycles. The Morgan fingerprint density at radius 1 is 1.00 bits per heavy atom. The maximum absolute atomic E-state index is 8.56. The van der Waals surface area contributed by atoms with Crippen molar-refractivity contribution in [3.05, 3.63) is 0 Å². The summed E-state index contributed by atoms with van der Waals surface area (Å²) >= 11 is -3.95. The van der Waals surface area contributed by atoms with E-state index in [2.05, 4.69) is 0 Å². The molecule has 0 bridgehead atoms. The van der Waals surface area contributed by atoms with Crippen LogP contribution in [0.15, 0.2) is 0 Å². The molecular formula is AuO3. The Bertz CT molecular complexity index is 72.7. The Morgan fingerprint density at radius 2 is 1.00 bits per heavy atom. The van der Waals surface area contributed by atoms with Crippen molar-refractivity contribution in [3.8, 4) is 0 Å². The van der Waals surface area contributed by atoms with Crippen LogP contribution < -0.4 is 0 Å². The summed E-state index contributed by atoms with van der Waals surface area (Å²) < 4.78 is 25.7. The third-order valence-corrected chi connectivity index (χ3v) is 0. The molecule has 0 spiro atoms. The van der Waals surface area contributed by atoms with Gasteiger partial charge in [-0.25, -0.2) is 0 Å². The van der Waals surface area contributed by atoms with E-state index in [0.29, 0.717) is 0 Å². The first kappa shape index (κ1) is 4.14. The SMILES string of the molecule is [O]=[Au](=[O])=[O]. The molecule has 0 fully saturated rings. The van der Waals surface area contributed by atoms with Gasteiger partial charge in [0.1, 0.15) is 0 Å². The van der Waals surface area contributed by atoms with Crippen molar-refractivity contribution < 1.29 is 28.1 Å². The van der Waals surface area contributed by atoms with Crippen molar-refractivity contribution in [1.29, 1.82) is 0 Å². The average molecular weight is 245 g/mol. The van der Waals surface area contributed by atoms with Crippen molar-refractivity contribution in [2.75, 3.05) is 0 Å². The summed E-state index contributed by atoms with van der Waals surface area (Å²) in [5.41, 5.74) is 0. The second kappa shape index (κ2) is 1.46. The van der Waals surface area contributed by atoms with Crippen molar-refractivity contribution in [3.63, 3.8) is 0 Å². The molecule has 0 saturated heterocycles. The number of hydrogen-bond donors (Lipinski definition) is 0. The molecule has 0 atom stereocenters. The minimum absolute atomic E-state index is 3.95. The summed E-state index contributed by atoms with van der Waals surface area (Å²) in [6.07, 6.45) is 0. The molecule has 0 saturated carbocycles. The molecular weight excluding hydrogens is 245 g/mol. The summed E-state index contributed by atoms with van der Waals surface area (Å²) in [6.45, 7) is 0. The Balaban J connectivity index is 4.65. The van der Waals surface area contributed by atoms with Gasteiger partial charge in [-0.3, -0.25) is 0 Å². The fourth-order valence-electron chi connectivity index (χ4n) is 0. The van der Waals surface area contributed by atoms with E-state index in [1.807, 2.05) is 0 Å². The van der Waals surface area contributed by atoms with E-state index in [1.54, 1.807) is 0 Å². The molecule has 0 heterocycles. The van der Waals surface area contributed by atoms with Gasteiger partial charge in [-0.2, -0.15) is 0 Å². The van der Waals surface area contributed by atoms with Gasteiger partial charge in [-0.1, -0.05) is 0 Å². The van der Waals surface area contributed by atoms with Gasteiger partial charge >= 0.3 is 28.1 Å². The van der Waals surface area contributed by atoms with Crippen molar-refractivity contribution in [2.45, 2.75) is 0 Å². The molecule has 0 aromatic rings. The van der Waals surface area contributed by atoms with E-state index < -0.39 is 18.4 Å². The Kier molecular flexibility index (Phi) is 1.51. The van der Waals surface area contributed by atoms with Crippen LogP contribution in [-0.4, -0.2) is 0 Å². The van der Waals surface area contributed by atoms with Crippen LogP contribution in [-0.2, 0) is 28.1 Å². The third kappa shape index (κ3) is 141. The van der Waals surface area contributed by atoms with Gasteiger partial charge in [0.15, 0.2) is 0 Å². The zero-order valence-corrected chi connectivity index (χ0v) is 3.69. The molecule has 0 unspecified atom stereocenters.